The van der Waals surface area contributed by atoms with Crippen molar-refractivity contribution < 1.29 is 31.8 Å². The molecule has 1 amide bonds. The molecule has 0 atom stereocenters. The topological polar surface area (TPSA) is 98.2 Å². The summed E-state index contributed by atoms with van der Waals surface area (Å²) in [6.45, 7) is 3.27. The standard InChI is InChI=1S/C32H32F4N4O4/c1-2-3-4-5-16-43-23-12-13-24(26(33)17-23)28-18-25(27-14-15-40(39-27)19-20-6-7-20)29(31(42)38-28)30(41)37-21-8-10-22(11-9-21)44-32(34,35)36/h8-15,17-18,20H,2-7,16,19H2,1H3,(H,37,41)(H,38,42). The maximum Gasteiger partial charge on any atom is 0.573 e. The third-order valence-electron chi connectivity index (χ3n) is 7.16. The number of alkyl halides is 3. The van der Waals surface area contributed by atoms with Crippen LogP contribution in [0.3, 0.4) is 0 Å². The Hall–Kier alpha value is -4.61. The van der Waals surface area contributed by atoms with Gasteiger partial charge in [-0.15, -0.1) is 13.2 Å². The lowest BCUT2D eigenvalue weighted by Crippen LogP contribution is -2.25. The van der Waals surface area contributed by atoms with E-state index in [-0.39, 0.29) is 28.1 Å². The summed E-state index contributed by atoms with van der Waals surface area (Å²) in [7, 11) is 0. The second kappa shape index (κ2) is 13.4. The number of aromatic amines is 1. The number of hydrogen-bond acceptors (Lipinski definition) is 5. The third kappa shape index (κ3) is 8.06. The Labute approximate surface area is 251 Å². The number of carbonyl (C=O) groups excluding carboxylic acids is 1. The molecule has 0 spiro atoms. The SMILES string of the molecule is CCCCCCOc1ccc(-c2cc(-c3ccn(CC4CC4)n3)c(C(=O)Nc3ccc(OC(F)(F)F)cc3)c(=O)[nH]2)c(F)c1. The van der Waals surface area contributed by atoms with Gasteiger partial charge in [-0.2, -0.15) is 5.10 Å². The van der Waals surface area contributed by atoms with Gasteiger partial charge in [0.25, 0.3) is 11.5 Å². The van der Waals surface area contributed by atoms with Crippen molar-refractivity contribution in [3.8, 4) is 34.0 Å². The molecule has 1 saturated carbocycles. The number of aromatic nitrogens is 3. The minimum absolute atomic E-state index is 0.103. The van der Waals surface area contributed by atoms with Gasteiger partial charge in [-0.1, -0.05) is 26.2 Å². The predicted molar refractivity (Wildman–Crippen MR) is 157 cm³/mol. The minimum Gasteiger partial charge on any atom is -0.493 e. The first-order chi connectivity index (χ1) is 21.1. The van der Waals surface area contributed by atoms with Crippen LogP contribution in [0.15, 0.2) is 65.6 Å². The normalized spacial score (nSPS) is 13.1. The highest BCUT2D eigenvalue weighted by Crippen LogP contribution is 2.32. The van der Waals surface area contributed by atoms with Gasteiger partial charge in [-0.3, -0.25) is 14.3 Å². The molecule has 1 fully saturated rings. The lowest BCUT2D eigenvalue weighted by Gasteiger charge is -2.13. The number of carbonyl (C=O) groups is 1. The first-order valence-corrected chi connectivity index (χ1v) is 14.5. The smallest absolute Gasteiger partial charge is 0.493 e. The molecule has 8 nitrogen and oxygen atoms in total. The fraction of sp³-hybridized carbons (Fsp3) is 0.344. The molecule has 0 unspecified atom stereocenters. The lowest BCUT2D eigenvalue weighted by atomic mass is 10.0. The van der Waals surface area contributed by atoms with Crippen molar-refractivity contribution in [2.45, 2.75) is 58.4 Å². The van der Waals surface area contributed by atoms with Gasteiger partial charge in [0.2, 0.25) is 0 Å². The number of anilines is 1. The molecule has 0 bridgehead atoms. The number of unbranched alkanes of at least 4 members (excludes halogenated alkanes) is 3. The Kier molecular flexibility index (Phi) is 9.36. The fourth-order valence-electron chi connectivity index (χ4n) is 4.76. The van der Waals surface area contributed by atoms with E-state index in [0.717, 1.165) is 50.7 Å². The largest absolute Gasteiger partial charge is 0.573 e. The van der Waals surface area contributed by atoms with Crippen LogP contribution in [-0.4, -0.2) is 33.6 Å². The van der Waals surface area contributed by atoms with Gasteiger partial charge in [0, 0.05) is 35.6 Å². The predicted octanol–water partition coefficient (Wildman–Crippen LogP) is 7.56. The van der Waals surface area contributed by atoms with Crippen LogP contribution in [-0.2, 0) is 6.54 Å². The number of ether oxygens (including phenoxy) is 2. The molecule has 0 saturated heterocycles. The van der Waals surface area contributed by atoms with E-state index in [4.69, 9.17) is 4.74 Å². The molecule has 1 aliphatic rings. The van der Waals surface area contributed by atoms with E-state index in [1.165, 1.54) is 30.3 Å². The highest BCUT2D eigenvalue weighted by atomic mass is 19.4. The number of hydrogen-bond donors (Lipinski definition) is 2. The lowest BCUT2D eigenvalue weighted by molar-refractivity contribution is -0.274. The Balaban J connectivity index is 1.44. The van der Waals surface area contributed by atoms with Gasteiger partial charge in [0.15, 0.2) is 0 Å². The number of rotatable bonds is 13. The Morgan fingerprint density at radius 1 is 1.02 bits per heavy atom. The average molecular weight is 613 g/mol. The van der Waals surface area contributed by atoms with Crippen LogP contribution < -0.4 is 20.3 Å². The molecule has 2 N–H and O–H groups in total. The Bertz CT molecular complexity index is 1660. The molecular formula is C32H32F4N4O4. The van der Waals surface area contributed by atoms with Gasteiger partial charge in [-0.05, 0) is 73.7 Å². The molecule has 12 heteroatoms. The molecule has 0 aliphatic heterocycles. The van der Waals surface area contributed by atoms with Crippen LogP contribution in [0.25, 0.3) is 22.5 Å². The first-order valence-electron chi connectivity index (χ1n) is 14.5. The van der Waals surface area contributed by atoms with Crippen LogP contribution in [0.5, 0.6) is 11.5 Å². The summed E-state index contributed by atoms with van der Waals surface area (Å²) in [6, 6.07) is 12.1. The zero-order valence-corrected chi connectivity index (χ0v) is 24.0. The van der Waals surface area contributed by atoms with Crippen molar-refractivity contribution in [2.24, 2.45) is 5.92 Å². The van der Waals surface area contributed by atoms with E-state index in [0.29, 0.717) is 30.5 Å². The van der Waals surface area contributed by atoms with E-state index >= 15 is 4.39 Å². The Morgan fingerprint density at radius 2 is 1.77 bits per heavy atom. The quantitative estimate of drug-likeness (QED) is 0.120. The van der Waals surface area contributed by atoms with Crippen LogP contribution in [0.1, 0.15) is 55.8 Å². The zero-order chi connectivity index (χ0) is 31.3. The maximum atomic E-state index is 15.3. The number of H-pyrrole nitrogens is 1. The number of nitrogens with one attached hydrogen (secondary N) is 2. The van der Waals surface area contributed by atoms with Crippen LogP contribution in [0.4, 0.5) is 23.2 Å². The monoisotopic (exact) mass is 612 g/mol. The molecule has 4 aromatic rings. The number of nitrogens with zero attached hydrogens (tertiary/aromatic N) is 2. The summed E-state index contributed by atoms with van der Waals surface area (Å²) in [5.74, 6) is -1.01. The highest BCUT2D eigenvalue weighted by Gasteiger charge is 2.31. The van der Waals surface area contributed by atoms with Crippen molar-refractivity contribution in [1.29, 1.82) is 0 Å². The Morgan fingerprint density at radius 3 is 2.45 bits per heavy atom. The number of amides is 1. The molecule has 232 valence electrons. The van der Waals surface area contributed by atoms with Gasteiger partial charge in [-0.25, -0.2) is 4.39 Å². The van der Waals surface area contributed by atoms with Gasteiger partial charge < -0.3 is 19.8 Å². The average Bonchev–Trinajstić information content (AvgIpc) is 3.66. The van der Waals surface area contributed by atoms with E-state index in [1.54, 1.807) is 23.0 Å². The summed E-state index contributed by atoms with van der Waals surface area (Å²) >= 11 is 0. The molecule has 44 heavy (non-hydrogen) atoms. The summed E-state index contributed by atoms with van der Waals surface area (Å²) < 4.78 is 64.1. The molecule has 1 aliphatic carbocycles. The van der Waals surface area contributed by atoms with Crippen LogP contribution in [0, 0.1) is 11.7 Å². The second-order valence-electron chi connectivity index (χ2n) is 10.7. The molecule has 2 heterocycles. The summed E-state index contributed by atoms with van der Waals surface area (Å²) in [4.78, 5) is 29.4. The van der Waals surface area contributed by atoms with Gasteiger partial charge in [0.1, 0.15) is 22.9 Å². The molecule has 0 radical (unpaired) electrons. The fourth-order valence-corrected chi connectivity index (χ4v) is 4.76. The van der Waals surface area contributed by atoms with Gasteiger partial charge in [0.05, 0.1) is 18.0 Å². The molecule has 2 aromatic carbocycles. The molecular weight excluding hydrogens is 580 g/mol. The van der Waals surface area contributed by atoms with E-state index in [2.05, 4.69) is 27.1 Å². The summed E-state index contributed by atoms with van der Waals surface area (Å²) in [5.41, 5.74) is -0.194. The zero-order valence-electron chi connectivity index (χ0n) is 24.0. The van der Waals surface area contributed by atoms with Gasteiger partial charge >= 0.3 is 6.36 Å². The van der Waals surface area contributed by atoms with E-state index in [1.807, 2.05) is 0 Å². The summed E-state index contributed by atoms with van der Waals surface area (Å²) in [5, 5.41) is 7.11. The van der Waals surface area contributed by atoms with Crippen LogP contribution in [0.2, 0.25) is 0 Å². The third-order valence-corrected chi connectivity index (χ3v) is 7.16. The van der Waals surface area contributed by atoms with Crippen molar-refractivity contribution in [3.05, 3.63) is 82.5 Å². The minimum atomic E-state index is -4.86. The summed E-state index contributed by atoms with van der Waals surface area (Å²) in [6.07, 6.45) is 3.17. The van der Waals surface area contributed by atoms with Crippen molar-refractivity contribution in [1.82, 2.24) is 14.8 Å². The van der Waals surface area contributed by atoms with E-state index in [9.17, 15) is 22.8 Å². The number of pyridine rings is 1. The second-order valence-corrected chi connectivity index (χ2v) is 10.7. The number of halogens is 4. The van der Waals surface area contributed by atoms with E-state index < -0.39 is 29.4 Å². The van der Waals surface area contributed by atoms with Crippen molar-refractivity contribution >= 4 is 11.6 Å². The van der Waals surface area contributed by atoms with Crippen LogP contribution >= 0.6 is 0 Å². The van der Waals surface area contributed by atoms with Crippen molar-refractivity contribution in [2.75, 3.05) is 11.9 Å². The highest BCUT2D eigenvalue weighted by molar-refractivity contribution is 6.08. The van der Waals surface area contributed by atoms with Crippen molar-refractivity contribution in [3.63, 3.8) is 0 Å². The molecule has 5 rings (SSSR count). The number of benzene rings is 2. The first kappa shape index (κ1) is 30.8. The maximum absolute atomic E-state index is 15.3. The molecule has 2 aromatic heterocycles.